The van der Waals surface area contributed by atoms with Crippen molar-refractivity contribution in [1.29, 1.82) is 0 Å². The van der Waals surface area contributed by atoms with Gasteiger partial charge in [0.1, 0.15) is 11.6 Å². The van der Waals surface area contributed by atoms with E-state index in [1.165, 1.54) is 12.6 Å². The average molecular weight is 404 g/mol. The highest BCUT2D eigenvalue weighted by Gasteiger charge is 2.23. The quantitative estimate of drug-likeness (QED) is 0.702. The number of carbonyl (C=O) groups excluding carboxylic acids is 2. The van der Waals surface area contributed by atoms with Crippen molar-refractivity contribution in [1.82, 2.24) is 10.3 Å². The van der Waals surface area contributed by atoms with Crippen LogP contribution in [0.1, 0.15) is 56.3 Å². The first-order valence-corrected chi connectivity index (χ1v) is 10.2. The first kappa shape index (κ1) is 20.4. The van der Waals surface area contributed by atoms with Crippen LogP contribution in [-0.4, -0.2) is 35.6 Å². The molecule has 28 heavy (non-hydrogen) atoms. The number of pyridine rings is 1. The molecule has 7 heteroatoms. The van der Waals surface area contributed by atoms with Crippen molar-refractivity contribution in [3.05, 3.63) is 35.0 Å². The van der Waals surface area contributed by atoms with E-state index in [4.69, 9.17) is 16.3 Å². The van der Waals surface area contributed by atoms with Crippen molar-refractivity contribution in [3.63, 3.8) is 0 Å². The monoisotopic (exact) mass is 403 g/mol. The summed E-state index contributed by atoms with van der Waals surface area (Å²) in [6.07, 6.45) is 7.02. The minimum absolute atomic E-state index is 0.0892. The van der Waals surface area contributed by atoms with E-state index >= 15 is 0 Å². The molecule has 150 valence electrons. The van der Waals surface area contributed by atoms with Gasteiger partial charge < -0.3 is 15.4 Å². The molecule has 1 aromatic heterocycles. The Morgan fingerprint density at radius 2 is 2.04 bits per heavy atom. The topological polar surface area (TPSA) is 80.3 Å². The van der Waals surface area contributed by atoms with E-state index in [1.54, 1.807) is 32.0 Å². The van der Waals surface area contributed by atoms with Crippen LogP contribution in [-0.2, 0) is 9.53 Å². The van der Waals surface area contributed by atoms with Crippen LogP contribution in [0.15, 0.2) is 24.4 Å². The number of fused-ring (bicyclic) bond motifs is 1. The number of carbonyl (C=O) groups is 2. The molecule has 1 heterocycles. The number of halogens is 1. The fourth-order valence-electron chi connectivity index (χ4n) is 3.54. The fourth-order valence-corrected chi connectivity index (χ4v) is 3.71. The molecule has 0 radical (unpaired) electrons. The summed E-state index contributed by atoms with van der Waals surface area (Å²) in [5, 5.41) is 7.51. The van der Waals surface area contributed by atoms with Crippen molar-refractivity contribution >= 4 is 40.1 Å². The van der Waals surface area contributed by atoms with Crippen LogP contribution in [0.2, 0.25) is 5.02 Å². The average Bonchev–Trinajstić information content (AvgIpc) is 2.69. The predicted octanol–water partition coefficient (Wildman–Crippen LogP) is 4.31. The van der Waals surface area contributed by atoms with Crippen LogP contribution >= 0.6 is 11.6 Å². The zero-order valence-corrected chi connectivity index (χ0v) is 17.0. The molecular weight excluding hydrogens is 378 g/mol. The van der Waals surface area contributed by atoms with Crippen LogP contribution in [0.25, 0.3) is 10.9 Å². The third-order valence-electron chi connectivity index (χ3n) is 5.03. The van der Waals surface area contributed by atoms with Crippen molar-refractivity contribution in [3.8, 4) is 0 Å². The summed E-state index contributed by atoms with van der Waals surface area (Å²) in [4.78, 5) is 29.5. The van der Waals surface area contributed by atoms with Crippen LogP contribution in [0, 0.1) is 0 Å². The number of benzene rings is 1. The molecular formula is C21H26ClN3O3. The maximum absolute atomic E-state index is 12.7. The highest BCUT2D eigenvalue weighted by atomic mass is 35.5. The van der Waals surface area contributed by atoms with E-state index in [2.05, 4.69) is 15.6 Å². The number of hydrogen-bond donors (Lipinski definition) is 2. The molecule has 2 N–H and O–H groups in total. The van der Waals surface area contributed by atoms with E-state index in [9.17, 15) is 9.59 Å². The largest absolute Gasteiger partial charge is 0.462 e. The van der Waals surface area contributed by atoms with Gasteiger partial charge in [0.05, 0.1) is 17.8 Å². The molecule has 1 amide bonds. The number of nitrogens with zero attached hydrogens (tertiary/aromatic N) is 1. The molecule has 0 spiro atoms. The SMILES string of the molecule is CCOC(=O)c1cnc2ccc(Cl)cc2c1NC(C)C(=O)NC1CCCCC1. The lowest BCUT2D eigenvalue weighted by Gasteiger charge is -2.25. The Labute approximate surface area is 170 Å². The van der Waals surface area contributed by atoms with Gasteiger partial charge in [0.25, 0.3) is 0 Å². The maximum atomic E-state index is 12.7. The second-order valence-corrected chi connectivity index (χ2v) is 7.57. The smallest absolute Gasteiger partial charge is 0.341 e. The molecule has 6 nitrogen and oxygen atoms in total. The number of hydrogen-bond acceptors (Lipinski definition) is 5. The van der Waals surface area contributed by atoms with E-state index in [0.717, 1.165) is 25.7 Å². The Kier molecular flexibility index (Phi) is 6.73. The van der Waals surface area contributed by atoms with E-state index in [1.807, 2.05) is 0 Å². The van der Waals surface area contributed by atoms with Crippen molar-refractivity contribution in [2.24, 2.45) is 0 Å². The lowest BCUT2D eigenvalue weighted by molar-refractivity contribution is -0.122. The minimum Gasteiger partial charge on any atom is -0.462 e. The predicted molar refractivity (Wildman–Crippen MR) is 111 cm³/mol. The van der Waals surface area contributed by atoms with Crippen LogP contribution in [0.5, 0.6) is 0 Å². The molecule has 0 saturated heterocycles. The van der Waals surface area contributed by atoms with Gasteiger partial charge in [-0.3, -0.25) is 9.78 Å². The molecule has 1 unspecified atom stereocenters. The number of anilines is 1. The Morgan fingerprint density at radius 1 is 1.29 bits per heavy atom. The van der Waals surface area contributed by atoms with E-state index < -0.39 is 12.0 Å². The Bertz CT molecular complexity index is 865. The van der Waals surface area contributed by atoms with Crippen LogP contribution in [0.4, 0.5) is 5.69 Å². The number of esters is 1. The highest BCUT2D eigenvalue weighted by molar-refractivity contribution is 6.31. The molecule has 0 aliphatic heterocycles. The molecule has 0 bridgehead atoms. The molecule has 1 fully saturated rings. The zero-order chi connectivity index (χ0) is 20.1. The van der Waals surface area contributed by atoms with Gasteiger partial charge >= 0.3 is 5.97 Å². The first-order valence-electron chi connectivity index (χ1n) is 9.82. The number of nitrogens with one attached hydrogen (secondary N) is 2. The highest BCUT2D eigenvalue weighted by Crippen LogP contribution is 2.30. The normalized spacial score (nSPS) is 15.8. The van der Waals surface area contributed by atoms with Gasteiger partial charge in [-0.25, -0.2) is 4.79 Å². The third-order valence-corrected chi connectivity index (χ3v) is 5.27. The molecule has 2 aromatic rings. The van der Waals surface area contributed by atoms with Crippen molar-refractivity contribution < 1.29 is 14.3 Å². The van der Waals surface area contributed by atoms with Gasteiger partial charge in [-0.05, 0) is 44.9 Å². The second kappa shape index (κ2) is 9.24. The molecule has 1 atom stereocenters. The summed E-state index contributed by atoms with van der Waals surface area (Å²) in [6.45, 7) is 3.78. The zero-order valence-electron chi connectivity index (χ0n) is 16.3. The molecule has 1 aliphatic carbocycles. The second-order valence-electron chi connectivity index (χ2n) is 7.14. The van der Waals surface area contributed by atoms with Crippen molar-refractivity contribution in [2.75, 3.05) is 11.9 Å². The van der Waals surface area contributed by atoms with Crippen molar-refractivity contribution in [2.45, 2.75) is 58.0 Å². The summed E-state index contributed by atoms with van der Waals surface area (Å²) in [5.74, 6) is -0.576. The van der Waals surface area contributed by atoms with Gasteiger partial charge in [-0.1, -0.05) is 30.9 Å². The number of ether oxygens (including phenoxy) is 1. The van der Waals surface area contributed by atoms with E-state index in [0.29, 0.717) is 21.6 Å². The van der Waals surface area contributed by atoms with Gasteiger partial charge in [0.2, 0.25) is 5.91 Å². The summed E-state index contributed by atoms with van der Waals surface area (Å²) in [5.41, 5.74) is 1.48. The lowest BCUT2D eigenvalue weighted by atomic mass is 9.95. The lowest BCUT2D eigenvalue weighted by Crippen LogP contribution is -2.44. The maximum Gasteiger partial charge on any atom is 0.341 e. The number of rotatable bonds is 6. The Hall–Kier alpha value is -2.34. The summed E-state index contributed by atoms with van der Waals surface area (Å²) in [6, 6.07) is 4.95. The Morgan fingerprint density at radius 3 is 2.75 bits per heavy atom. The summed E-state index contributed by atoms with van der Waals surface area (Å²) in [7, 11) is 0. The fraction of sp³-hybridized carbons (Fsp3) is 0.476. The van der Waals surface area contributed by atoms with Crippen LogP contribution < -0.4 is 10.6 Å². The third kappa shape index (κ3) is 4.73. The Balaban J connectivity index is 1.88. The van der Waals surface area contributed by atoms with Gasteiger partial charge in [-0.2, -0.15) is 0 Å². The standard InChI is InChI=1S/C21H26ClN3O3/c1-3-28-21(27)17-12-23-18-10-9-14(22)11-16(18)19(17)24-13(2)20(26)25-15-7-5-4-6-8-15/h9-13,15H,3-8H2,1-2H3,(H,23,24)(H,25,26). The van der Waals surface area contributed by atoms with E-state index in [-0.39, 0.29) is 24.1 Å². The number of amides is 1. The molecule has 3 rings (SSSR count). The minimum atomic E-state index is -0.528. The van der Waals surface area contributed by atoms with Gasteiger partial charge in [-0.15, -0.1) is 0 Å². The van der Waals surface area contributed by atoms with Gasteiger partial charge in [0, 0.05) is 22.6 Å². The first-order chi connectivity index (χ1) is 13.5. The molecule has 1 aliphatic rings. The van der Waals surface area contributed by atoms with Crippen LogP contribution in [0.3, 0.4) is 0 Å². The summed E-state index contributed by atoms with van der Waals surface area (Å²) < 4.78 is 5.16. The number of aromatic nitrogens is 1. The van der Waals surface area contributed by atoms with Gasteiger partial charge in [0.15, 0.2) is 0 Å². The summed E-state index contributed by atoms with van der Waals surface area (Å²) >= 11 is 6.16. The molecule has 1 aromatic carbocycles. The molecule has 1 saturated carbocycles.